The van der Waals surface area contributed by atoms with E-state index in [1.54, 1.807) is 32.4 Å². The Kier molecular flexibility index (Phi) is 4.55. The van der Waals surface area contributed by atoms with Crippen LogP contribution in [0.25, 0.3) is 0 Å². The van der Waals surface area contributed by atoms with Gasteiger partial charge in [0, 0.05) is 37.2 Å². The Morgan fingerprint density at radius 1 is 1.04 bits per heavy atom. The third-order valence-corrected chi connectivity index (χ3v) is 5.56. The van der Waals surface area contributed by atoms with Crippen LogP contribution in [-0.4, -0.2) is 44.7 Å². The van der Waals surface area contributed by atoms with Crippen molar-refractivity contribution < 1.29 is 14.3 Å². The highest BCUT2D eigenvalue weighted by Crippen LogP contribution is 2.43. The number of nitrogens with one attached hydrogen (secondary N) is 1. The predicted molar refractivity (Wildman–Crippen MR) is 99.6 cm³/mol. The van der Waals surface area contributed by atoms with Gasteiger partial charge in [0.1, 0.15) is 11.5 Å². The first-order chi connectivity index (χ1) is 12.7. The van der Waals surface area contributed by atoms with E-state index < -0.39 is 0 Å². The number of hydrogen-bond acceptors (Lipinski definition) is 4. The van der Waals surface area contributed by atoms with Crippen LogP contribution in [-0.2, 0) is 0 Å². The first-order valence-electron chi connectivity index (χ1n) is 9.01. The Bertz CT molecular complexity index is 771. The van der Waals surface area contributed by atoms with Gasteiger partial charge in [-0.1, -0.05) is 30.3 Å². The topological polar surface area (TPSA) is 50.8 Å². The summed E-state index contributed by atoms with van der Waals surface area (Å²) in [5.74, 6) is 2.24. The highest BCUT2D eigenvalue weighted by atomic mass is 16.5. The average Bonchev–Trinajstić information content (AvgIpc) is 3.28. The Morgan fingerprint density at radius 3 is 2.38 bits per heavy atom. The molecule has 0 radical (unpaired) electrons. The molecule has 2 aliphatic rings. The van der Waals surface area contributed by atoms with Crippen LogP contribution in [0.2, 0.25) is 0 Å². The SMILES string of the molecule is COc1cc(OC)cc(C(=O)N2C[C@@H]3CNC[C@@H]3[C@H]2c2ccccc2)c1. The van der Waals surface area contributed by atoms with Crippen molar-refractivity contribution in [3.05, 3.63) is 59.7 Å². The van der Waals surface area contributed by atoms with Gasteiger partial charge in [0.15, 0.2) is 0 Å². The summed E-state index contributed by atoms with van der Waals surface area (Å²) in [5, 5.41) is 3.48. The summed E-state index contributed by atoms with van der Waals surface area (Å²) in [6.45, 7) is 2.70. The van der Waals surface area contributed by atoms with Crippen LogP contribution in [0.4, 0.5) is 0 Å². The molecule has 0 aliphatic carbocycles. The Balaban J connectivity index is 1.70. The Labute approximate surface area is 153 Å². The van der Waals surface area contributed by atoms with E-state index in [0.717, 1.165) is 19.6 Å². The number of ether oxygens (including phenoxy) is 2. The van der Waals surface area contributed by atoms with Crippen LogP contribution in [0, 0.1) is 11.8 Å². The van der Waals surface area contributed by atoms with Crippen molar-refractivity contribution in [2.75, 3.05) is 33.9 Å². The van der Waals surface area contributed by atoms with Crippen molar-refractivity contribution in [3.8, 4) is 11.5 Å². The van der Waals surface area contributed by atoms with E-state index in [9.17, 15) is 4.79 Å². The zero-order valence-electron chi connectivity index (χ0n) is 15.1. The highest BCUT2D eigenvalue weighted by molar-refractivity contribution is 5.95. The van der Waals surface area contributed by atoms with Crippen molar-refractivity contribution in [2.24, 2.45) is 11.8 Å². The van der Waals surface area contributed by atoms with E-state index >= 15 is 0 Å². The standard InChI is InChI=1S/C21H24N2O3/c1-25-17-8-15(9-18(10-17)26-2)21(24)23-13-16-11-22-12-19(16)20(23)14-6-4-3-5-7-14/h3-10,16,19-20,22H,11-13H2,1-2H3/t16-,19-,20+/m0/s1. The van der Waals surface area contributed by atoms with Gasteiger partial charge in [-0.3, -0.25) is 4.79 Å². The van der Waals surface area contributed by atoms with Gasteiger partial charge in [0.25, 0.3) is 5.91 Å². The lowest BCUT2D eigenvalue weighted by atomic mass is 9.89. The van der Waals surface area contributed by atoms with Crippen LogP contribution >= 0.6 is 0 Å². The van der Waals surface area contributed by atoms with Crippen LogP contribution in [0.3, 0.4) is 0 Å². The van der Waals surface area contributed by atoms with E-state index in [1.165, 1.54) is 5.56 Å². The molecule has 136 valence electrons. The minimum absolute atomic E-state index is 0.0328. The van der Waals surface area contributed by atoms with Gasteiger partial charge in [-0.25, -0.2) is 0 Å². The molecule has 2 fully saturated rings. The molecule has 0 saturated carbocycles. The predicted octanol–water partition coefficient (Wildman–Crippen LogP) is 2.74. The highest BCUT2D eigenvalue weighted by Gasteiger charge is 2.46. The summed E-state index contributed by atoms with van der Waals surface area (Å²) in [6.07, 6.45) is 0. The largest absolute Gasteiger partial charge is 0.497 e. The molecule has 5 nitrogen and oxygen atoms in total. The van der Waals surface area contributed by atoms with Crippen molar-refractivity contribution in [2.45, 2.75) is 6.04 Å². The summed E-state index contributed by atoms with van der Waals surface area (Å²) >= 11 is 0. The van der Waals surface area contributed by atoms with Crippen LogP contribution in [0.15, 0.2) is 48.5 Å². The number of likely N-dealkylation sites (tertiary alicyclic amines) is 1. The molecule has 0 spiro atoms. The first-order valence-corrected chi connectivity index (χ1v) is 9.01. The molecular weight excluding hydrogens is 328 g/mol. The van der Waals surface area contributed by atoms with E-state index in [0.29, 0.717) is 28.9 Å². The lowest BCUT2D eigenvalue weighted by Crippen LogP contribution is -2.34. The Morgan fingerprint density at radius 2 is 1.73 bits per heavy atom. The number of rotatable bonds is 4. The summed E-state index contributed by atoms with van der Waals surface area (Å²) in [4.78, 5) is 15.4. The molecule has 4 rings (SSSR count). The van der Waals surface area contributed by atoms with Crippen LogP contribution < -0.4 is 14.8 Å². The number of amides is 1. The molecule has 2 aromatic carbocycles. The number of methoxy groups -OCH3 is 2. The summed E-state index contributed by atoms with van der Waals surface area (Å²) in [7, 11) is 3.20. The quantitative estimate of drug-likeness (QED) is 0.919. The molecule has 1 amide bonds. The van der Waals surface area contributed by atoms with Crippen LogP contribution in [0.1, 0.15) is 22.0 Å². The van der Waals surface area contributed by atoms with Gasteiger partial charge < -0.3 is 19.7 Å². The number of nitrogens with zero attached hydrogens (tertiary/aromatic N) is 1. The van der Waals surface area contributed by atoms with Gasteiger partial charge in [-0.05, 0) is 23.6 Å². The molecule has 2 heterocycles. The molecule has 3 atom stereocenters. The summed E-state index contributed by atoms with van der Waals surface area (Å²) in [5.41, 5.74) is 1.81. The monoisotopic (exact) mass is 352 g/mol. The smallest absolute Gasteiger partial charge is 0.254 e. The lowest BCUT2D eigenvalue weighted by molar-refractivity contribution is 0.0713. The van der Waals surface area contributed by atoms with Crippen molar-refractivity contribution in [1.82, 2.24) is 10.2 Å². The fraction of sp³-hybridized carbons (Fsp3) is 0.381. The third-order valence-electron chi connectivity index (χ3n) is 5.56. The molecule has 5 heteroatoms. The summed E-state index contributed by atoms with van der Waals surface area (Å²) < 4.78 is 10.7. The zero-order chi connectivity index (χ0) is 18.1. The molecular formula is C21H24N2O3. The second-order valence-electron chi connectivity index (χ2n) is 7.00. The van der Waals surface area contributed by atoms with Gasteiger partial charge in [-0.2, -0.15) is 0 Å². The van der Waals surface area contributed by atoms with Gasteiger partial charge in [-0.15, -0.1) is 0 Å². The average molecular weight is 352 g/mol. The lowest BCUT2D eigenvalue weighted by Gasteiger charge is -2.28. The zero-order valence-corrected chi connectivity index (χ0v) is 15.1. The maximum atomic E-state index is 13.4. The number of fused-ring (bicyclic) bond motifs is 1. The normalized spacial score (nSPS) is 24.4. The van der Waals surface area contributed by atoms with Crippen LogP contribution in [0.5, 0.6) is 11.5 Å². The molecule has 0 unspecified atom stereocenters. The van der Waals surface area contributed by atoms with E-state index in [1.807, 2.05) is 23.1 Å². The van der Waals surface area contributed by atoms with E-state index in [2.05, 4.69) is 17.4 Å². The minimum atomic E-state index is 0.0328. The van der Waals surface area contributed by atoms with Gasteiger partial charge >= 0.3 is 0 Å². The molecule has 2 aromatic rings. The van der Waals surface area contributed by atoms with Crippen molar-refractivity contribution >= 4 is 5.91 Å². The van der Waals surface area contributed by atoms with Crippen molar-refractivity contribution in [1.29, 1.82) is 0 Å². The molecule has 0 aromatic heterocycles. The molecule has 1 N–H and O–H groups in total. The maximum Gasteiger partial charge on any atom is 0.254 e. The number of benzene rings is 2. The molecule has 0 bridgehead atoms. The minimum Gasteiger partial charge on any atom is -0.497 e. The van der Waals surface area contributed by atoms with Gasteiger partial charge in [0.2, 0.25) is 0 Å². The number of carbonyl (C=O) groups is 1. The molecule has 2 saturated heterocycles. The molecule has 2 aliphatic heterocycles. The fourth-order valence-corrected chi connectivity index (χ4v) is 4.30. The van der Waals surface area contributed by atoms with Gasteiger partial charge in [0.05, 0.1) is 20.3 Å². The first kappa shape index (κ1) is 16.9. The second kappa shape index (κ2) is 7.00. The summed E-state index contributed by atoms with van der Waals surface area (Å²) in [6, 6.07) is 15.8. The Hall–Kier alpha value is -2.53. The number of hydrogen-bond donors (Lipinski definition) is 1. The number of carbonyl (C=O) groups excluding carboxylic acids is 1. The fourth-order valence-electron chi connectivity index (χ4n) is 4.30. The molecule has 26 heavy (non-hydrogen) atoms. The van der Waals surface area contributed by atoms with Crippen molar-refractivity contribution in [3.63, 3.8) is 0 Å². The third kappa shape index (κ3) is 2.92. The maximum absolute atomic E-state index is 13.4. The van der Waals surface area contributed by atoms with E-state index in [-0.39, 0.29) is 11.9 Å². The van der Waals surface area contributed by atoms with E-state index in [4.69, 9.17) is 9.47 Å². The second-order valence-corrected chi connectivity index (χ2v) is 7.00.